The van der Waals surface area contributed by atoms with E-state index in [2.05, 4.69) is 21.2 Å². The molecule has 2 fully saturated rings. The molecule has 0 radical (unpaired) electrons. The zero-order valence-corrected chi connectivity index (χ0v) is 12.5. The van der Waals surface area contributed by atoms with Gasteiger partial charge < -0.3 is 4.90 Å². The van der Waals surface area contributed by atoms with Gasteiger partial charge in [-0.05, 0) is 25.8 Å². The van der Waals surface area contributed by atoms with E-state index in [0.29, 0.717) is 19.0 Å². The Morgan fingerprint density at radius 3 is 2.76 bits per heavy atom. The molecule has 2 saturated heterocycles. The minimum Gasteiger partial charge on any atom is -0.339 e. The number of hydrogen-bond donors (Lipinski definition) is 1. The molecule has 1 atom stereocenters. The van der Waals surface area contributed by atoms with Crippen LogP contribution in [-0.2, 0) is 11.3 Å². The lowest BCUT2D eigenvalue weighted by molar-refractivity contribution is -0.130. The molecule has 6 heteroatoms. The Morgan fingerprint density at radius 1 is 1.43 bits per heavy atom. The van der Waals surface area contributed by atoms with Crippen molar-refractivity contribution in [2.75, 3.05) is 26.3 Å². The van der Waals surface area contributed by atoms with Crippen LogP contribution in [0.1, 0.15) is 30.7 Å². The van der Waals surface area contributed by atoms with Gasteiger partial charge in [-0.25, -0.2) is 0 Å². The molecule has 1 amide bonds. The lowest BCUT2D eigenvalue weighted by Gasteiger charge is -2.36. The second-order valence-electron chi connectivity index (χ2n) is 6.32. The van der Waals surface area contributed by atoms with Crippen LogP contribution in [0.15, 0.2) is 6.07 Å². The Bertz CT molecular complexity index is 496. The fraction of sp³-hybridized carbons (Fsp3) is 0.733. The minimum atomic E-state index is -0.375. The number of carbonyl (C=O) groups excluding carboxylic acids is 1. The van der Waals surface area contributed by atoms with Crippen molar-refractivity contribution in [3.8, 4) is 0 Å². The van der Waals surface area contributed by atoms with Crippen LogP contribution in [0.3, 0.4) is 0 Å². The number of carbonyl (C=O) groups is 1. The van der Waals surface area contributed by atoms with Crippen LogP contribution >= 0.6 is 0 Å². The Kier molecular flexibility index (Phi) is 4.24. The molecule has 0 aromatic carbocycles. The lowest BCUT2D eigenvalue weighted by atomic mass is 10.0. The van der Waals surface area contributed by atoms with Crippen molar-refractivity contribution in [1.82, 2.24) is 20.0 Å². The molecule has 3 heterocycles. The molecule has 0 spiro atoms. The number of amides is 1. The fourth-order valence-electron chi connectivity index (χ4n) is 3.44. The molecule has 21 heavy (non-hydrogen) atoms. The van der Waals surface area contributed by atoms with E-state index >= 15 is 0 Å². The van der Waals surface area contributed by atoms with E-state index in [1.54, 1.807) is 0 Å². The van der Waals surface area contributed by atoms with Gasteiger partial charge in [0.05, 0.1) is 12.4 Å². The molecule has 1 aromatic heterocycles. The number of rotatable bonds is 4. The zero-order chi connectivity index (χ0) is 14.8. The number of piperidine rings is 1. The first-order valence-corrected chi connectivity index (χ1v) is 7.74. The van der Waals surface area contributed by atoms with Crippen LogP contribution in [-0.4, -0.2) is 58.3 Å². The largest absolute Gasteiger partial charge is 0.339 e. The van der Waals surface area contributed by atoms with Crippen molar-refractivity contribution >= 4 is 5.91 Å². The standard InChI is InChI=1S/C15H23FN4O/c1-11-6-13(18-17-11)10-19-4-2-14(3-5-19)20-9-12(8-16)7-15(20)21/h6,12,14H,2-5,7-10H2,1H3,(H,17,18). The van der Waals surface area contributed by atoms with Crippen molar-refractivity contribution in [3.05, 3.63) is 17.5 Å². The first-order chi connectivity index (χ1) is 10.2. The highest BCUT2D eigenvalue weighted by Gasteiger charge is 2.35. The summed E-state index contributed by atoms with van der Waals surface area (Å²) in [6.45, 7) is 5.04. The third-order valence-electron chi connectivity index (χ3n) is 4.60. The average molecular weight is 294 g/mol. The first-order valence-electron chi connectivity index (χ1n) is 7.74. The van der Waals surface area contributed by atoms with E-state index in [1.165, 1.54) is 0 Å². The van der Waals surface area contributed by atoms with Crippen LogP contribution in [0.5, 0.6) is 0 Å². The highest BCUT2D eigenvalue weighted by atomic mass is 19.1. The number of H-pyrrole nitrogens is 1. The van der Waals surface area contributed by atoms with E-state index in [0.717, 1.165) is 43.9 Å². The van der Waals surface area contributed by atoms with E-state index in [4.69, 9.17) is 0 Å². The second kappa shape index (κ2) is 6.13. The van der Waals surface area contributed by atoms with Gasteiger partial charge in [0.15, 0.2) is 0 Å². The van der Waals surface area contributed by atoms with Gasteiger partial charge in [0, 0.05) is 50.3 Å². The predicted octanol–water partition coefficient (Wildman–Crippen LogP) is 1.50. The molecule has 5 nitrogen and oxygen atoms in total. The van der Waals surface area contributed by atoms with Crippen LogP contribution in [0.4, 0.5) is 4.39 Å². The van der Waals surface area contributed by atoms with Crippen LogP contribution in [0.25, 0.3) is 0 Å². The number of hydrogen-bond acceptors (Lipinski definition) is 3. The molecule has 0 bridgehead atoms. The Balaban J connectivity index is 1.50. The maximum absolute atomic E-state index is 12.7. The van der Waals surface area contributed by atoms with E-state index < -0.39 is 0 Å². The zero-order valence-electron chi connectivity index (χ0n) is 12.5. The summed E-state index contributed by atoms with van der Waals surface area (Å²) in [4.78, 5) is 16.2. The first kappa shape index (κ1) is 14.5. The molecule has 3 rings (SSSR count). The number of aromatic amines is 1. The molecular formula is C15H23FN4O. The summed E-state index contributed by atoms with van der Waals surface area (Å²) in [7, 11) is 0. The topological polar surface area (TPSA) is 52.2 Å². The Morgan fingerprint density at radius 2 is 2.19 bits per heavy atom. The molecule has 2 aliphatic rings. The molecule has 1 aromatic rings. The third-order valence-corrected chi connectivity index (χ3v) is 4.60. The Labute approximate surface area is 124 Å². The summed E-state index contributed by atoms with van der Waals surface area (Å²) in [5.74, 6) is 0.0570. The maximum atomic E-state index is 12.7. The highest BCUT2D eigenvalue weighted by molar-refractivity contribution is 5.79. The third kappa shape index (κ3) is 3.26. The van der Waals surface area contributed by atoms with E-state index in [1.807, 2.05) is 11.8 Å². The molecule has 116 valence electrons. The SMILES string of the molecule is Cc1cc(CN2CCC(N3CC(CF)CC3=O)CC2)n[nH]1. The molecule has 1 N–H and O–H groups in total. The number of halogens is 1. The van der Waals surface area contributed by atoms with Crippen molar-refractivity contribution in [1.29, 1.82) is 0 Å². The smallest absolute Gasteiger partial charge is 0.223 e. The van der Waals surface area contributed by atoms with Gasteiger partial charge in [0.25, 0.3) is 0 Å². The summed E-state index contributed by atoms with van der Waals surface area (Å²) in [5, 5.41) is 7.23. The lowest BCUT2D eigenvalue weighted by Crippen LogP contribution is -2.45. The number of aryl methyl sites for hydroxylation is 1. The summed E-state index contributed by atoms with van der Waals surface area (Å²) in [6, 6.07) is 2.37. The second-order valence-corrected chi connectivity index (χ2v) is 6.32. The highest BCUT2D eigenvalue weighted by Crippen LogP contribution is 2.26. The number of likely N-dealkylation sites (tertiary alicyclic amines) is 2. The van der Waals surface area contributed by atoms with Gasteiger partial charge in [0.2, 0.25) is 5.91 Å². The number of aromatic nitrogens is 2. The molecule has 1 unspecified atom stereocenters. The molecule has 0 aliphatic carbocycles. The number of nitrogens with zero attached hydrogens (tertiary/aromatic N) is 3. The van der Waals surface area contributed by atoms with Gasteiger partial charge in [-0.1, -0.05) is 0 Å². The monoisotopic (exact) mass is 294 g/mol. The molecule has 0 saturated carbocycles. The maximum Gasteiger partial charge on any atom is 0.223 e. The van der Waals surface area contributed by atoms with Crippen molar-refractivity contribution in [2.24, 2.45) is 5.92 Å². The number of nitrogens with one attached hydrogen (secondary N) is 1. The number of alkyl halides is 1. The summed E-state index contributed by atoms with van der Waals surface area (Å²) in [5.41, 5.74) is 2.15. The van der Waals surface area contributed by atoms with Crippen LogP contribution < -0.4 is 0 Å². The average Bonchev–Trinajstić information content (AvgIpc) is 3.06. The quantitative estimate of drug-likeness (QED) is 0.915. The van der Waals surface area contributed by atoms with Crippen molar-refractivity contribution in [2.45, 2.75) is 38.8 Å². The normalized spacial score (nSPS) is 25.0. The van der Waals surface area contributed by atoms with E-state index in [-0.39, 0.29) is 18.5 Å². The summed E-state index contributed by atoms with van der Waals surface area (Å²) >= 11 is 0. The predicted molar refractivity (Wildman–Crippen MR) is 77.4 cm³/mol. The Hall–Kier alpha value is -1.43. The van der Waals surface area contributed by atoms with E-state index in [9.17, 15) is 9.18 Å². The van der Waals surface area contributed by atoms with Gasteiger partial charge in [-0.3, -0.25) is 19.2 Å². The van der Waals surface area contributed by atoms with Gasteiger partial charge in [0.1, 0.15) is 0 Å². The fourth-order valence-corrected chi connectivity index (χ4v) is 3.44. The van der Waals surface area contributed by atoms with Crippen LogP contribution in [0, 0.1) is 12.8 Å². The molecular weight excluding hydrogens is 271 g/mol. The van der Waals surface area contributed by atoms with Crippen LogP contribution in [0.2, 0.25) is 0 Å². The molecule has 2 aliphatic heterocycles. The van der Waals surface area contributed by atoms with Crippen molar-refractivity contribution < 1.29 is 9.18 Å². The summed E-state index contributed by atoms with van der Waals surface area (Å²) in [6.07, 6.45) is 2.35. The minimum absolute atomic E-state index is 0.0810. The van der Waals surface area contributed by atoms with Gasteiger partial charge >= 0.3 is 0 Å². The van der Waals surface area contributed by atoms with Gasteiger partial charge in [-0.2, -0.15) is 5.10 Å². The van der Waals surface area contributed by atoms with Crippen molar-refractivity contribution in [3.63, 3.8) is 0 Å². The van der Waals surface area contributed by atoms with Gasteiger partial charge in [-0.15, -0.1) is 0 Å². The summed E-state index contributed by atoms with van der Waals surface area (Å²) < 4.78 is 12.7.